The quantitative estimate of drug-likeness (QED) is 0.343. The fraction of sp³-hybridized carbons (Fsp3) is 0.556. The van der Waals surface area contributed by atoms with Crippen molar-refractivity contribution >= 4 is 21.6 Å². The molecule has 6 nitrogen and oxygen atoms in total. The smallest absolute Gasteiger partial charge is 0.211 e. The number of ether oxygens (including phenoxy) is 1. The molecule has 1 heterocycles. The molecule has 1 aliphatic carbocycles. The fourth-order valence-electron chi connectivity index (χ4n) is 5.32. The summed E-state index contributed by atoms with van der Waals surface area (Å²) in [4.78, 5) is 0. The summed E-state index contributed by atoms with van der Waals surface area (Å²) in [6.07, 6.45) is 6.16. The molecular weight excluding hydrogens is 482 g/mol. The van der Waals surface area contributed by atoms with Crippen LogP contribution in [0.2, 0.25) is 5.02 Å². The summed E-state index contributed by atoms with van der Waals surface area (Å²) in [5, 5.41) is 7.78. The minimum absolute atomic E-state index is 0.0694. The van der Waals surface area contributed by atoms with Crippen LogP contribution in [0.5, 0.6) is 5.75 Å². The lowest BCUT2D eigenvalue weighted by Crippen LogP contribution is -2.49. The Labute approximate surface area is 215 Å². The van der Waals surface area contributed by atoms with Crippen LogP contribution in [-0.2, 0) is 21.9 Å². The monoisotopic (exact) mass is 519 g/mol. The molecule has 192 valence electrons. The van der Waals surface area contributed by atoms with Gasteiger partial charge in [-0.3, -0.25) is 0 Å². The number of nitrogens with one attached hydrogen (secondary N) is 3. The molecule has 0 saturated heterocycles. The molecule has 0 amide bonds. The highest BCUT2D eigenvalue weighted by Crippen LogP contribution is 2.53. The van der Waals surface area contributed by atoms with E-state index in [2.05, 4.69) is 46.5 Å². The molecule has 2 aromatic rings. The van der Waals surface area contributed by atoms with Crippen LogP contribution >= 0.6 is 11.6 Å². The van der Waals surface area contributed by atoms with Gasteiger partial charge in [0, 0.05) is 23.0 Å². The van der Waals surface area contributed by atoms with Crippen molar-refractivity contribution in [3.63, 3.8) is 0 Å². The first-order valence-electron chi connectivity index (χ1n) is 12.9. The molecule has 1 atom stereocenters. The number of fused-ring (bicyclic) bond motifs is 1. The van der Waals surface area contributed by atoms with Gasteiger partial charge in [0.25, 0.3) is 0 Å². The van der Waals surface area contributed by atoms with E-state index in [1.807, 2.05) is 18.2 Å². The van der Waals surface area contributed by atoms with Crippen LogP contribution in [0.4, 0.5) is 0 Å². The van der Waals surface area contributed by atoms with E-state index in [0.29, 0.717) is 19.6 Å². The van der Waals surface area contributed by atoms with E-state index in [1.165, 1.54) is 23.1 Å². The highest BCUT2D eigenvalue weighted by atomic mass is 35.5. The van der Waals surface area contributed by atoms with Gasteiger partial charge in [-0.1, -0.05) is 43.1 Å². The van der Waals surface area contributed by atoms with Crippen LogP contribution in [0.25, 0.3) is 0 Å². The molecule has 0 radical (unpaired) electrons. The molecule has 0 spiro atoms. The average Bonchev–Trinajstić information content (AvgIpc) is 2.82. The van der Waals surface area contributed by atoms with Gasteiger partial charge in [-0.15, -0.1) is 0 Å². The van der Waals surface area contributed by atoms with Crippen molar-refractivity contribution in [1.82, 2.24) is 15.4 Å². The van der Waals surface area contributed by atoms with E-state index in [-0.39, 0.29) is 23.8 Å². The number of halogens is 1. The molecule has 3 N–H and O–H groups in total. The number of hydrogen-bond donors (Lipinski definition) is 3. The number of hydrogen-bond acceptors (Lipinski definition) is 5. The molecular formula is C27H38ClN3O3S. The lowest BCUT2D eigenvalue weighted by molar-refractivity contribution is 0.164. The van der Waals surface area contributed by atoms with Crippen LogP contribution < -0.4 is 20.1 Å². The van der Waals surface area contributed by atoms with Gasteiger partial charge in [0.05, 0.1) is 5.75 Å². The van der Waals surface area contributed by atoms with Crippen molar-refractivity contribution in [1.29, 1.82) is 0 Å². The summed E-state index contributed by atoms with van der Waals surface area (Å²) in [5.74, 6) is 0.911. The summed E-state index contributed by atoms with van der Waals surface area (Å²) >= 11 is 6.16. The van der Waals surface area contributed by atoms with E-state index >= 15 is 0 Å². The van der Waals surface area contributed by atoms with Crippen molar-refractivity contribution < 1.29 is 13.2 Å². The zero-order chi connectivity index (χ0) is 24.7. The third-order valence-corrected chi connectivity index (χ3v) is 9.00. The largest absolute Gasteiger partial charge is 0.492 e. The Hall–Kier alpha value is -1.64. The third kappa shape index (κ3) is 6.57. The van der Waals surface area contributed by atoms with Gasteiger partial charge in [-0.2, -0.15) is 0 Å². The summed E-state index contributed by atoms with van der Waals surface area (Å²) in [7, 11) is -3.28. The second-order valence-electron chi connectivity index (χ2n) is 9.68. The molecule has 1 saturated carbocycles. The number of sulfonamides is 1. The first-order valence-corrected chi connectivity index (χ1v) is 14.9. The normalized spacial score (nSPS) is 19.1. The van der Waals surface area contributed by atoms with Crippen LogP contribution in [0.15, 0.2) is 42.5 Å². The van der Waals surface area contributed by atoms with E-state index in [9.17, 15) is 8.42 Å². The highest BCUT2D eigenvalue weighted by molar-refractivity contribution is 7.89. The molecule has 35 heavy (non-hydrogen) atoms. The predicted octanol–water partition coefficient (Wildman–Crippen LogP) is 4.34. The first kappa shape index (κ1) is 26.4. The van der Waals surface area contributed by atoms with Crippen molar-refractivity contribution in [2.75, 3.05) is 38.5 Å². The van der Waals surface area contributed by atoms with Crippen molar-refractivity contribution in [3.05, 3.63) is 64.2 Å². The standard InChI is InChI=1S/C27H38ClN3O3S/c1-2-14-29-15-4-19-35(32,33)31-17-18-34-24-10-5-21-11-16-30-26(25(21)20-24)27(12-3-13-27)22-6-8-23(28)9-7-22/h5-10,20,26,29-31H,2-4,11-19H2,1H3. The Morgan fingerprint density at radius 2 is 1.91 bits per heavy atom. The zero-order valence-corrected chi connectivity index (χ0v) is 22.2. The topological polar surface area (TPSA) is 79.5 Å². The predicted molar refractivity (Wildman–Crippen MR) is 143 cm³/mol. The maximum atomic E-state index is 12.2. The number of rotatable bonds is 13. The Kier molecular flexibility index (Phi) is 9.11. The average molecular weight is 520 g/mol. The molecule has 8 heteroatoms. The molecule has 0 bridgehead atoms. The minimum atomic E-state index is -3.28. The minimum Gasteiger partial charge on any atom is -0.492 e. The van der Waals surface area contributed by atoms with E-state index in [0.717, 1.165) is 49.5 Å². The van der Waals surface area contributed by atoms with Crippen molar-refractivity contribution in [2.45, 2.75) is 56.9 Å². The first-order chi connectivity index (χ1) is 16.9. The van der Waals surface area contributed by atoms with E-state index in [4.69, 9.17) is 16.3 Å². The van der Waals surface area contributed by atoms with Crippen molar-refractivity contribution in [3.8, 4) is 5.75 Å². The molecule has 2 aliphatic rings. The molecule has 1 unspecified atom stereocenters. The molecule has 2 aromatic carbocycles. The highest BCUT2D eigenvalue weighted by Gasteiger charge is 2.47. The lowest BCUT2D eigenvalue weighted by Gasteiger charge is -2.50. The molecule has 1 aliphatic heterocycles. The van der Waals surface area contributed by atoms with Gasteiger partial charge in [0.1, 0.15) is 12.4 Å². The number of benzene rings is 2. The van der Waals surface area contributed by atoms with E-state index < -0.39 is 10.0 Å². The second kappa shape index (κ2) is 12.1. The molecule has 0 aromatic heterocycles. The van der Waals surface area contributed by atoms with Crippen LogP contribution in [0, 0.1) is 0 Å². The Balaban J connectivity index is 1.36. The summed E-state index contributed by atoms with van der Waals surface area (Å²) < 4.78 is 33.0. The summed E-state index contributed by atoms with van der Waals surface area (Å²) in [5.41, 5.74) is 4.06. The second-order valence-corrected chi connectivity index (χ2v) is 12.0. The Morgan fingerprint density at radius 1 is 1.11 bits per heavy atom. The Bertz CT molecular complexity index is 1070. The van der Waals surface area contributed by atoms with Gasteiger partial charge in [-0.25, -0.2) is 13.1 Å². The van der Waals surface area contributed by atoms with Crippen LogP contribution in [-0.4, -0.2) is 47.0 Å². The zero-order valence-electron chi connectivity index (χ0n) is 20.6. The summed E-state index contributed by atoms with van der Waals surface area (Å²) in [6.45, 7) is 5.25. The maximum Gasteiger partial charge on any atom is 0.211 e. The van der Waals surface area contributed by atoms with E-state index in [1.54, 1.807) is 0 Å². The molecule has 1 fully saturated rings. The van der Waals surface area contributed by atoms with Crippen LogP contribution in [0.3, 0.4) is 0 Å². The summed E-state index contributed by atoms with van der Waals surface area (Å²) in [6, 6.07) is 14.9. The van der Waals surface area contributed by atoms with Gasteiger partial charge in [0.2, 0.25) is 10.0 Å². The lowest BCUT2D eigenvalue weighted by atomic mass is 9.58. The fourth-order valence-corrected chi connectivity index (χ4v) is 6.51. The van der Waals surface area contributed by atoms with Gasteiger partial charge < -0.3 is 15.4 Å². The maximum absolute atomic E-state index is 12.2. The van der Waals surface area contributed by atoms with Crippen LogP contribution in [0.1, 0.15) is 61.8 Å². The SMILES string of the molecule is CCCNCCCS(=O)(=O)NCCOc1ccc2c(c1)C(C1(c3ccc(Cl)cc3)CCC1)NCC2. The third-order valence-electron chi connectivity index (χ3n) is 7.27. The Morgan fingerprint density at radius 3 is 2.63 bits per heavy atom. The van der Waals surface area contributed by atoms with Gasteiger partial charge in [-0.05, 0) is 92.7 Å². The van der Waals surface area contributed by atoms with Crippen molar-refractivity contribution in [2.24, 2.45) is 0 Å². The van der Waals surface area contributed by atoms with Gasteiger partial charge >= 0.3 is 0 Å². The molecule has 4 rings (SSSR count). The van der Waals surface area contributed by atoms with Gasteiger partial charge in [0.15, 0.2) is 0 Å².